The Hall–Kier alpha value is -1.86. The Morgan fingerprint density at radius 3 is 2.65 bits per heavy atom. The quantitative estimate of drug-likeness (QED) is 0.770. The summed E-state index contributed by atoms with van der Waals surface area (Å²) in [7, 11) is 2.89. The zero-order chi connectivity index (χ0) is 17.0. The van der Waals surface area contributed by atoms with E-state index < -0.39 is 12.5 Å². The average Bonchev–Trinajstić information content (AvgIpc) is 2.91. The van der Waals surface area contributed by atoms with Gasteiger partial charge in [-0.2, -0.15) is 8.78 Å². The van der Waals surface area contributed by atoms with Gasteiger partial charge in [-0.3, -0.25) is 4.79 Å². The van der Waals surface area contributed by atoms with Crippen LogP contribution in [0.1, 0.15) is 15.2 Å². The summed E-state index contributed by atoms with van der Waals surface area (Å²) < 4.78 is 35.3. The number of amides is 1. The molecule has 0 aliphatic rings. The van der Waals surface area contributed by atoms with Gasteiger partial charge in [-0.15, -0.1) is 11.3 Å². The molecule has 0 atom stereocenters. The van der Waals surface area contributed by atoms with E-state index in [9.17, 15) is 13.6 Å². The van der Waals surface area contributed by atoms with Crippen LogP contribution in [-0.2, 0) is 6.54 Å². The highest BCUT2D eigenvalue weighted by Gasteiger charge is 2.23. The highest BCUT2D eigenvalue weighted by molar-refractivity contribution is 7.16. The Morgan fingerprint density at radius 1 is 1.35 bits per heavy atom. The Kier molecular flexibility index (Phi) is 5.79. The van der Waals surface area contributed by atoms with Crippen LogP contribution in [0, 0.1) is 0 Å². The first-order chi connectivity index (χ1) is 10.9. The number of hydrogen-bond acceptors (Lipinski definition) is 4. The van der Waals surface area contributed by atoms with Crippen molar-refractivity contribution in [2.75, 3.05) is 14.2 Å². The van der Waals surface area contributed by atoms with Gasteiger partial charge in [0.25, 0.3) is 5.91 Å². The molecule has 0 saturated heterocycles. The third kappa shape index (κ3) is 4.33. The molecule has 1 aromatic carbocycles. The second-order valence-electron chi connectivity index (χ2n) is 4.58. The van der Waals surface area contributed by atoms with Gasteiger partial charge in [0.15, 0.2) is 11.5 Å². The predicted octanol–water partition coefficient (Wildman–Crippen LogP) is 4.28. The van der Waals surface area contributed by atoms with E-state index in [1.54, 1.807) is 25.2 Å². The van der Waals surface area contributed by atoms with Gasteiger partial charge >= 0.3 is 6.61 Å². The third-order valence-corrected chi connectivity index (χ3v) is 4.22. The second kappa shape index (κ2) is 7.61. The molecule has 0 bridgehead atoms. The van der Waals surface area contributed by atoms with Gasteiger partial charge in [-0.25, -0.2) is 0 Å². The molecule has 0 N–H and O–H groups in total. The normalized spacial score (nSPS) is 10.7. The smallest absolute Gasteiger partial charge is 0.387 e. The molecule has 0 spiro atoms. The monoisotopic (exact) mass is 361 g/mol. The van der Waals surface area contributed by atoms with Gasteiger partial charge in [-0.05, 0) is 24.3 Å². The van der Waals surface area contributed by atoms with Crippen LogP contribution in [-0.4, -0.2) is 31.6 Å². The summed E-state index contributed by atoms with van der Waals surface area (Å²) in [6, 6.07) is 7.95. The number of hydrogen-bond donors (Lipinski definition) is 0. The topological polar surface area (TPSA) is 38.8 Å². The van der Waals surface area contributed by atoms with Crippen molar-refractivity contribution in [2.45, 2.75) is 13.2 Å². The molecule has 0 saturated carbocycles. The summed E-state index contributed by atoms with van der Waals surface area (Å²) in [5, 5.41) is 0. The maximum Gasteiger partial charge on any atom is 0.387 e. The first-order valence-electron chi connectivity index (χ1n) is 6.54. The lowest BCUT2D eigenvalue weighted by Gasteiger charge is -2.19. The van der Waals surface area contributed by atoms with E-state index in [2.05, 4.69) is 4.74 Å². The molecular weight excluding hydrogens is 348 g/mol. The number of benzene rings is 1. The fourth-order valence-corrected chi connectivity index (χ4v) is 3.14. The van der Waals surface area contributed by atoms with Crippen molar-refractivity contribution < 1.29 is 23.0 Å². The van der Waals surface area contributed by atoms with Crippen molar-refractivity contribution in [1.29, 1.82) is 0 Å². The van der Waals surface area contributed by atoms with Crippen LogP contribution in [0.3, 0.4) is 0 Å². The molecule has 2 rings (SSSR count). The van der Waals surface area contributed by atoms with Crippen molar-refractivity contribution in [3.63, 3.8) is 0 Å². The minimum Gasteiger partial charge on any atom is -0.493 e. The van der Waals surface area contributed by atoms with Gasteiger partial charge in [0.05, 0.1) is 23.6 Å². The van der Waals surface area contributed by atoms with Crippen LogP contribution >= 0.6 is 22.9 Å². The molecule has 4 nitrogen and oxygen atoms in total. The largest absolute Gasteiger partial charge is 0.493 e. The molecule has 124 valence electrons. The molecule has 23 heavy (non-hydrogen) atoms. The molecule has 2 aromatic rings. The fraction of sp³-hybridized carbons (Fsp3) is 0.267. The lowest BCUT2D eigenvalue weighted by atomic mass is 10.1. The summed E-state index contributed by atoms with van der Waals surface area (Å²) in [6.45, 7) is -2.75. The second-order valence-corrected chi connectivity index (χ2v) is 6.38. The average molecular weight is 362 g/mol. The van der Waals surface area contributed by atoms with Crippen LogP contribution in [0.4, 0.5) is 8.78 Å². The molecule has 0 aliphatic heterocycles. The van der Waals surface area contributed by atoms with E-state index in [1.807, 2.05) is 0 Å². The zero-order valence-corrected chi connectivity index (χ0v) is 14.0. The van der Waals surface area contributed by atoms with E-state index in [-0.39, 0.29) is 17.1 Å². The van der Waals surface area contributed by atoms with Crippen LogP contribution < -0.4 is 9.47 Å². The first kappa shape index (κ1) is 17.5. The summed E-state index contributed by atoms with van der Waals surface area (Å²) in [5.74, 6) is -0.654. The summed E-state index contributed by atoms with van der Waals surface area (Å²) in [5.41, 5.74) is 0.00908. The Bertz CT molecular complexity index is 693. The number of carbonyl (C=O) groups is 1. The molecule has 8 heteroatoms. The number of alkyl halides is 2. The van der Waals surface area contributed by atoms with Crippen LogP contribution in [0.25, 0.3) is 0 Å². The maximum atomic E-state index is 12.6. The molecule has 0 fully saturated rings. The molecular formula is C15H14ClF2NO3S. The minimum absolute atomic E-state index is 0.00908. The predicted molar refractivity (Wildman–Crippen MR) is 84.8 cm³/mol. The maximum absolute atomic E-state index is 12.6. The lowest BCUT2D eigenvalue weighted by molar-refractivity contribution is -0.0516. The number of thiophene rings is 1. The van der Waals surface area contributed by atoms with Gasteiger partial charge in [0.1, 0.15) is 0 Å². The molecule has 1 amide bonds. The number of ether oxygens (including phenoxy) is 2. The zero-order valence-electron chi connectivity index (χ0n) is 12.4. The molecule has 0 radical (unpaired) electrons. The van der Waals surface area contributed by atoms with Gasteiger partial charge < -0.3 is 14.4 Å². The van der Waals surface area contributed by atoms with Crippen LogP contribution in [0.5, 0.6) is 11.5 Å². The number of carbonyl (C=O) groups excluding carboxylic acids is 1. The number of nitrogens with zero attached hydrogens (tertiary/aromatic N) is 1. The third-order valence-electron chi connectivity index (χ3n) is 3.00. The standard InChI is InChI=1S/C15H14ClF2NO3S/c1-19(8-9-6-7-12(16)23-9)14(20)10-4-3-5-11(21-2)13(10)22-15(17)18/h3-7,15H,8H2,1-2H3. The van der Waals surface area contributed by atoms with E-state index in [4.69, 9.17) is 16.3 Å². The SMILES string of the molecule is COc1cccc(C(=O)N(C)Cc2ccc(Cl)s2)c1OC(F)F. The summed E-state index contributed by atoms with van der Waals surface area (Å²) in [4.78, 5) is 14.8. The van der Waals surface area contributed by atoms with Crippen molar-refractivity contribution in [3.8, 4) is 11.5 Å². The van der Waals surface area contributed by atoms with E-state index in [0.29, 0.717) is 10.9 Å². The Morgan fingerprint density at radius 2 is 2.09 bits per heavy atom. The molecule has 1 heterocycles. The summed E-state index contributed by atoms with van der Waals surface area (Å²) in [6.07, 6.45) is 0. The Labute approximate surface area is 141 Å². The summed E-state index contributed by atoms with van der Waals surface area (Å²) >= 11 is 7.20. The van der Waals surface area contributed by atoms with Crippen LogP contribution in [0.15, 0.2) is 30.3 Å². The number of rotatable bonds is 6. The van der Waals surface area contributed by atoms with Crippen molar-refractivity contribution in [2.24, 2.45) is 0 Å². The van der Waals surface area contributed by atoms with E-state index in [0.717, 1.165) is 4.88 Å². The molecule has 0 aliphatic carbocycles. The van der Waals surface area contributed by atoms with Crippen LogP contribution in [0.2, 0.25) is 4.34 Å². The van der Waals surface area contributed by atoms with E-state index in [1.165, 1.54) is 35.5 Å². The van der Waals surface area contributed by atoms with Gasteiger partial charge in [0.2, 0.25) is 0 Å². The lowest BCUT2D eigenvalue weighted by Crippen LogP contribution is -2.26. The number of methoxy groups -OCH3 is 1. The van der Waals surface area contributed by atoms with Crippen molar-refractivity contribution in [1.82, 2.24) is 4.90 Å². The molecule has 1 aromatic heterocycles. The first-order valence-corrected chi connectivity index (χ1v) is 7.73. The van der Waals surface area contributed by atoms with Crippen molar-refractivity contribution >= 4 is 28.8 Å². The highest BCUT2D eigenvalue weighted by atomic mass is 35.5. The van der Waals surface area contributed by atoms with Gasteiger partial charge in [0, 0.05) is 11.9 Å². The van der Waals surface area contributed by atoms with Crippen molar-refractivity contribution in [3.05, 3.63) is 45.1 Å². The fourth-order valence-electron chi connectivity index (χ4n) is 2.00. The highest BCUT2D eigenvalue weighted by Crippen LogP contribution is 2.33. The van der Waals surface area contributed by atoms with E-state index >= 15 is 0 Å². The number of para-hydroxylation sites is 1. The minimum atomic E-state index is -3.06. The molecule has 0 unspecified atom stereocenters. The Balaban J connectivity index is 2.26. The van der Waals surface area contributed by atoms with Gasteiger partial charge in [-0.1, -0.05) is 17.7 Å². The number of halogens is 3.